The maximum Gasteiger partial charge on any atom is 0.276 e. The van der Waals surface area contributed by atoms with Crippen molar-refractivity contribution in [2.45, 2.75) is 13.0 Å². The van der Waals surface area contributed by atoms with Crippen LogP contribution in [0.5, 0.6) is 0 Å². The Balaban J connectivity index is 2.78. The fourth-order valence-electron chi connectivity index (χ4n) is 1.30. The van der Waals surface area contributed by atoms with Crippen molar-refractivity contribution in [2.24, 2.45) is 0 Å². The molecule has 1 unspecified atom stereocenters. The molecule has 1 aromatic rings. The van der Waals surface area contributed by atoms with E-state index in [0.29, 0.717) is 5.56 Å². The summed E-state index contributed by atoms with van der Waals surface area (Å²) < 4.78 is 0. The van der Waals surface area contributed by atoms with Gasteiger partial charge in [0.25, 0.3) is 5.69 Å². The average Bonchev–Trinajstić information content (AvgIpc) is 2.36. The van der Waals surface area contributed by atoms with Crippen molar-refractivity contribution < 1.29 is 14.8 Å². The van der Waals surface area contributed by atoms with Crippen LogP contribution in [0.25, 0.3) is 6.08 Å². The highest BCUT2D eigenvalue weighted by Gasteiger charge is 2.10. The van der Waals surface area contributed by atoms with Crippen LogP contribution in [0.4, 0.5) is 5.69 Å². The van der Waals surface area contributed by atoms with Crippen molar-refractivity contribution in [1.82, 2.24) is 5.32 Å². The molecule has 0 aromatic heterocycles. The summed E-state index contributed by atoms with van der Waals surface area (Å²) in [6.45, 7) is 1.49. The molecule has 96 valence electrons. The molecule has 0 fully saturated rings. The number of aliphatic hydroxyl groups is 1. The van der Waals surface area contributed by atoms with Crippen LogP contribution in [0, 0.1) is 10.1 Å². The first-order valence-electron chi connectivity index (χ1n) is 5.37. The first kappa shape index (κ1) is 13.9. The van der Waals surface area contributed by atoms with Crippen LogP contribution in [-0.4, -0.2) is 28.6 Å². The third kappa shape index (κ3) is 3.99. The van der Waals surface area contributed by atoms with Gasteiger partial charge in [-0.2, -0.15) is 0 Å². The molecular formula is C12H14N2O4. The van der Waals surface area contributed by atoms with Crippen molar-refractivity contribution in [3.05, 3.63) is 46.0 Å². The van der Waals surface area contributed by atoms with E-state index in [4.69, 9.17) is 5.11 Å². The van der Waals surface area contributed by atoms with Crippen LogP contribution < -0.4 is 5.32 Å². The van der Waals surface area contributed by atoms with Crippen molar-refractivity contribution >= 4 is 17.7 Å². The molecule has 0 aliphatic heterocycles. The average molecular weight is 250 g/mol. The number of rotatable bonds is 5. The lowest BCUT2D eigenvalue weighted by Gasteiger charge is -2.07. The van der Waals surface area contributed by atoms with Gasteiger partial charge in [0.15, 0.2) is 0 Å². The van der Waals surface area contributed by atoms with E-state index in [2.05, 4.69) is 5.32 Å². The van der Waals surface area contributed by atoms with Gasteiger partial charge in [0.2, 0.25) is 5.91 Å². The molecule has 1 aromatic carbocycles. The molecule has 6 heteroatoms. The Kier molecular flexibility index (Phi) is 5.01. The van der Waals surface area contributed by atoms with Gasteiger partial charge in [0.05, 0.1) is 17.1 Å². The minimum absolute atomic E-state index is 0.0586. The number of para-hydroxylation sites is 1. The number of hydrogen-bond donors (Lipinski definition) is 2. The van der Waals surface area contributed by atoms with Crippen LogP contribution in [-0.2, 0) is 4.79 Å². The molecule has 1 atom stereocenters. The zero-order valence-electron chi connectivity index (χ0n) is 9.87. The minimum Gasteiger partial charge on any atom is -0.394 e. The number of nitrogens with one attached hydrogen (secondary N) is 1. The first-order valence-corrected chi connectivity index (χ1v) is 5.37. The molecule has 0 bridgehead atoms. The van der Waals surface area contributed by atoms with Crippen LogP contribution in [0.15, 0.2) is 30.3 Å². The molecular weight excluding hydrogens is 236 g/mol. The molecule has 0 saturated heterocycles. The zero-order valence-corrected chi connectivity index (χ0v) is 9.87. The van der Waals surface area contributed by atoms with Crippen molar-refractivity contribution in [3.63, 3.8) is 0 Å². The number of nitro groups is 1. The molecule has 0 aliphatic rings. The molecule has 6 nitrogen and oxygen atoms in total. The zero-order chi connectivity index (χ0) is 13.5. The second-order valence-corrected chi connectivity index (χ2v) is 3.74. The molecule has 0 radical (unpaired) electrons. The fourth-order valence-corrected chi connectivity index (χ4v) is 1.30. The summed E-state index contributed by atoms with van der Waals surface area (Å²) in [7, 11) is 0. The monoisotopic (exact) mass is 250 g/mol. The maximum atomic E-state index is 11.4. The lowest BCUT2D eigenvalue weighted by Crippen LogP contribution is -2.33. The molecule has 1 rings (SSSR count). The van der Waals surface area contributed by atoms with E-state index < -0.39 is 10.8 Å². The number of carbonyl (C=O) groups excluding carboxylic acids is 1. The van der Waals surface area contributed by atoms with E-state index in [0.717, 1.165) is 0 Å². The number of carbonyl (C=O) groups is 1. The van der Waals surface area contributed by atoms with Crippen LogP contribution >= 0.6 is 0 Å². The van der Waals surface area contributed by atoms with Gasteiger partial charge in [-0.15, -0.1) is 0 Å². The van der Waals surface area contributed by atoms with E-state index in [1.807, 2.05) is 0 Å². The van der Waals surface area contributed by atoms with Gasteiger partial charge in [-0.05, 0) is 19.1 Å². The highest BCUT2D eigenvalue weighted by atomic mass is 16.6. The fraction of sp³-hybridized carbons (Fsp3) is 0.250. The summed E-state index contributed by atoms with van der Waals surface area (Å²) in [5.41, 5.74) is 0.297. The Morgan fingerprint density at radius 2 is 2.22 bits per heavy atom. The van der Waals surface area contributed by atoms with Crippen LogP contribution in [0.2, 0.25) is 0 Å². The van der Waals surface area contributed by atoms with Crippen molar-refractivity contribution in [3.8, 4) is 0 Å². The van der Waals surface area contributed by atoms with E-state index >= 15 is 0 Å². The molecule has 1 amide bonds. The molecule has 0 spiro atoms. The summed E-state index contributed by atoms with van der Waals surface area (Å²) in [5, 5.41) is 22.0. The number of nitro benzene ring substituents is 1. The van der Waals surface area contributed by atoms with Gasteiger partial charge < -0.3 is 10.4 Å². The standard InChI is InChI=1S/C12H14N2O4/c1-9(8-15)13-12(16)7-6-10-4-2-3-5-11(10)14(17)18/h2-7,9,15H,8H2,1H3,(H,13,16)/b7-6+. The van der Waals surface area contributed by atoms with Crippen LogP contribution in [0.3, 0.4) is 0 Å². The third-order valence-corrected chi connectivity index (χ3v) is 2.21. The Hall–Kier alpha value is -2.21. The Labute approximate surface area is 104 Å². The molecule has 2 N–H and O–H groups in total. The van der Waals surface area contributed by atoms with Gasteiger partial charge in [0, 0.05) is 18.2 Å². The second kappa shape index (κ2) is 6.51. The summed E-state index contributed by atoms with van der Waals surface area (Å²) in [6.07, 6.45) is 2.58. The summed E-state index contributed by atoms with van der Waals surface area (Å²) in [5.74, 6) is -0.408. The third-order valence-electron chi connectivity index (χ3n) is 2.21. The number of benzene rings is 1. The van der Waals surface area contributed by atoms with E-state index in [1.54, 1.807) is 25.1 Å². The van der Waals surface area contributed by atoms with E-state index in [9.17, 15) is 14.9 Å². The van der Waals surface area contributed by atoms with Gasteiger partial charge in [-0.1, -0.05) is 12.1 Å². The van der Waals surface area contributed by atoms with Gasteiger partial charge in [-0.3, -0.25) is 14.9 Å². The molecule has 18 heavy (non-hydrogen) atoms. The lowest BCUT2D eigenvalue weighted by atomic mass is 10.1. The van der Waals surface area contributed by atoms with Crippen molar-refractivity contribution in [1.29, 1.82) is 0 Å². The highest BCUT2D eigenvalue weighted by Crippen LogP contribution is 2.18. The van der Waals surface area contributed by atoms with E-state index in [1.165, 1.54) is 18.2 Å². The first-order chi connectivity index (χ1) is 8.54. The van der Waals surface area contributed by atoms with E-state index in [-0.39, 0.29) is 18.3 Å². The van der Waals surface area contributed by atoms with Gasteiger partial charge in [0.1, 0.15) is 0 Å². The molecule has 0 heterocycles. The predicted molar refractivity (Wildman–Crippen MR) is 66.8 cm³/mol. The smallest absolute Gasteiger partial charge is 0.276 e. The normalized spacial score (nSPS) is 12.3. The Bertz CT molecular complexity index is 471. The van der Waals surface area contributed by atoms with Crippen molar-refractivity contribution in [2.75, 3.05) is 6.61 Å². The topological polar surface area (TPSA) is 92.5 Å². The minimum atomic E-state index is -0.506. The molecule has 0 saturated carbocycles. The Morgan fingerprint density at radius 1 is 1.56 bits per heavy atom. The summed E-state index contributed by atoms with van der Waals surface area (Å²) in [4.78, 5) is 21.6. The Morgan fingerprint density at radius 3 is 2.83 bits per heavy atom. The number of aliphatic hydroxyl groups excluding tert-OH is 1. The second-order valence-electron chi connectivity index (χ2n) is 3.74. The number of hydrogen-bond acceptors (Lipinski definition) is 4. The quantitative estimate of drug-likeness (QED) is 0.465. The predicted octanol–water partition coefficient (Wildman–Crippen LogP) is 1.11. The number of nitrogens with zero attached hydrogens (tertiary/aromatic N) is 1. The molecule has 0 aliphatic carbocycles. The van der Waals surface area contributed by atoms with Gasteiger partial charge in [-0.25, -0.2) is 0 Å². The summed E-state index contributed by atoms with van der Waals surface area (Å²) in [6, 6.07) is 5.78. The van der Waals surface area contributed by atoms with Crippen LogP contribution in [0.1, 0.15) is 12.5 Å². The lowest BCUT2D eigenvalue weighted by molar-refractivity contribution is -0.385. The summed E-state index contributed by atoms with van der Waals surface area (Å²) >= 11 is 0. The largest absolute Gasteiger partial charge is 0.394 e. The maximum absolute atomic E-state index is 11.4. The van der Waals surface area contributed by atoms with Gasteiger partial charge >= 0.3 is 0 Å². The number of amides is 1. The SMILES string of the molecule is CC(CO)NC(=O)/C=C/c1ccccc1[N+](=O)[O-]. The highest BCUT2D eigenvalue weighted by molar-refractivity contribution is 5.92.